The lowest BCUT2D eigenvalue weighted by atomic mass is 10.1. The first-order valence-corrected chi connectivity index (χ1v) is 7.23. The van der Waals surface area contributed by atoms with E-state index < -0.39 is 11.7 Å². The van der Waals surface area contributed by atoms with Crippen LogP contribution in [0.5, 0.6) is 11.6 Å². The standard InChI is InChI=1S/C16H14ClF3N2O2/c1-22(2)9-14(23)10-3-5-12(6-4-10)24-15-13(17)7-11(8-21-15)16(18,19)20/h3-8H,9H2,1-2H3. The molecule has 0 radical (unpaired) electrons. The van der Waals surface area contributed by atoms with Crippen LogP contribution in [-0.4, -0.2) is 36.3 Å². The van der Waals surface area contributed by atoms with Crippen LogP contribution in [0.3, 0.4) is 0 Å². The normalized spacial score (nSPS) is 11.6. The van der Waals surface area contributed by atoms with E-state index in [1.165, 1.54) is 12.1 Å². The molecule has 24 heavy (non-hydrogen) atoms. The third-order valence-electron chi connectivity index (χ3n) is 2.99. The van der Waals surface area contributed by atoms with E-state index in [0.29, 0.717) is 17.5 Å². The van der Waals surface area contributed by atoms with Crippen LogP contribution in [0.25, 0.3) is 0 Å². The number of likely N-dealkylation sites (N-methyl/N-ethyl adjacent to an activating group) is 1. The summed E-state index contributed by atoms with van der Waals surface area (Å²) in [5, 5.41) is -0.252. The number of Topliss-reactive ketones (excluding diaryl/α,β-unsaturated/α-hetero) is 1. The number of hydrogen-bond donors (Lipinski definition) is 0. The predicted octanol–water partition coefficient (Wildman–Crippen LogP) is 4.29. The maximum Gasteiger partial charge on any atom is 0.417 e. The number of carbonyl (C=O) groups is 1. The molecule has 0 saturated heterocycles. The van der Waals surface area contributed by atoms with E-state index in [-0.39, 0.29) is 23.2 Å². The van der Waals surface area contributed by atoms with Gasteiger partial charge in [0.2, 0.25) is 5.88 Å². The average molecular weight is 359 g/mol. The number of ketones is 1. The van der Waals surface area contributed by atoms with Crippen molar-refractivity contribution >= 4 is 17.4 Å². The van der Waals surface area contributed by atoms with Crippen LogP contribution in [0.2, 0.25) is 5.02 Å². The van der Waals surface area contributed by atoms with Crippen molar-refractivity contribution in [1.82, 2.24) is 9.88 Å². The largest absolute Gasteiger partial charge is 0.438 e. The molecule has 0 atom stereocenters. The van der Waals surface area contributed by atoms with Gasteiger partial charge in [-0.25, -0.2) is 4.98 Å². The highest BCUT2D eigenvalue weighted by molar-refractivity contribution is 6.31. The van der Waals surface area contributed by atoms with Crippen molar-refractivity contribution in [1.29, 1.82) is 0 Å². The zero-order chi connectivity index (χ0) is 17.9. The van der Waals surface area contributed by atoms with Gasteiger partial charge in [-0.15, -0.1) is 0 Å². The van der Waals surface area contributed by atoms with Crippen molar-refractivity contribution in [2.24, 2.45) is 0 Å². The van der Waals surface area contributed by atoms with Gasteiger partial charge in [0.1, 0.15) is 10.8 Å². The van der Waals surface area contributed by atoms with Crippen LogP contribution in [0.4, 0.5) is 13.2 Å². The summed E-state index contributed by atoms with van der Waals surface area (Å²) in [7, 11) is 3.57. The molecule has 0 fully saturated rings. The highest BCUT2D eigenvalue weighted by Gasteiger charge is 2.31. The van der Waals surface area contributed by atoms with Crippen LogP contribution >= 0.6 is 11.6 Å². The predicted molar refractivity (Wildman–Crippen MR) is 83.6 cm³/mol. The first-order valence-electron chi connectivity index (χ1n) is 6.85. The minimum Gasteiger partial charge on any atom is -0.438 e. The molecule has 2 rings (SSSR count). The third-order valence-corrected chi connectivity index (χ3v) is 3.26. The van der Waals surface area contributed by atoms with Gasteiger partial charge in [0.15, 0.2) is 5.78 Å². The lowest BCUT2D eigenvalue weighted by Gasteiger charge is -2.11. The molecule has 0 aliphatic heterocycles. The summed E-state index contributed by atoms with van der Waals surface area (Å²) in [4.78, 5) is 17.2. The van der Waals surface area contributed by atoms with Crippen LogP contribution in [0, 0.1) is 0 Å². The zero-order valence-corrected chi connectivity index (χ0v) is 13.6. The SMILES string of the molecule is CN(C)CC(=O)c1ccc(Oc2ncc(C(F)(F)F)cc2Cl)cc1. The first kappa shape index (κ1) is 18.2. The molecule has 0 aliphatic carbocycles. The summed E-state index contributed by atoms with van der Waals surface area (Å²) >= 11 is 5.78. The minimum atomic E-state index is -4.52. The van der Waals surface area contributed by atoms with E-state index in [9.17, 15) is 18.0 Å². The number of alkyl halides is 3. The van der Waals surface area contributed by atoms with Gasteiger partial charge in [-0.05, 0) is 44.4 Å². The van der Waals surface area contributed by atoms with Crippen molar-refractivity contribution < 1.29 is 22.7 Å². The van der Waals surface area contributed by atoms with E-state index in [1.807, 2.05) is 0 Å². The summed E-state index contributed by atoms with van der Waals surface area (Å²) in [6.45, 7) is 0.270. The maximum atomic E-state index is 12.6. The number of hydrogen-bond acceptors (Lipinski definition) is 4. The van der Waals surface area contributed by atoms with E-state index in [0.717, 1.165) is 6.07 Å². The van der Waals surface area contributed by atoms with Crippen molar-refractivity contribution in [3.63, 3.8) is 0 Å². The number of pyridine rings is 1. The van der Waals surface area contributed by atoms with Crippen LogP contribution < -0.4 is 4.74 Å². The number of halogens is 4. The molecule has 0 aliphatic rings. The fourth-order valence-corrected chi connectivity index (χ4v) is 2.06. The van der Waals surface area contributed by atoms with Crippen molar-refractivity contribution in [3.05, 3.63) is 52.7 Å². The van der Waals surface area contributed by atoms with Crippen LogP contribution in [0.1, 0.15) is 15.9 Å². The number of benzene rings is 1. The molecular formula is C16H14ClF3N2O2. The molecule has 128 valence electrons. The number of carbonyl (C=O) groups excluding carboxylic acids is 1. The molecule has 1 heterocycles. The third kappa shape index (κ3) is 4.69. The van der Waals surface area contributed by atoms with Gasteiger partial charge in [0.25, 0.3) is 0 Å². The first-order chi connectivity index (χ1) is 11.2. The van der Waals surface area contributed by atoms with Crippen LogP contribution in [0.15, 0.2) is 36.5 Å². The van der Waals surface area contributed by atoms with E-state index >= 15 is 0 Å². The maximum absolute atomic E-state index is 12.6. The summed E-state index contributed by atoms with van der Waals surface area (Å²) in [6.07, 6.45) is -3.88. The van der Waals surface area contributed by atoms with Gasteiger partial charge in [-0.3, -0.25) is 4.79 Å². The number of nitrogens with zero attached hydrogens (tertiary/aromatic N) is 2. The molecule has 0 amide bonds. The second-order valence-corrected chi connectivity index (χ2v) is 5.70. The summed E-state index contributed by atoms with van der Waals surface area (Å²) in [5.74, 6) is 0.111. The Labute approximate surface area is 141 Å². The Kier molecular flexibility index (Phi) is 5.46. The highest BCUT2D eigenvalue weighted by Crippen LogP contribution is 2.34. The van der Waals surface area contributed by atoms with E-state index in [2.05, 4.69) is 4.98 Å². The second-order valence-electron chi connectivity index (χ2n) is 5.30. The van der Waals surface area contributed by atoms with Gasteiger partial charge in [-0.1, -0.05) is 11.6 Å². The fraction of sp³-hybridized carbons (Fsp3) is 0.250. The Bertz CT molecular complexity index is 731. The van der Waals surface area contributed by atoms with Gasteiger partial charge >= 0.3 is 6.18 Å². The minimum absolute atomic E-state index is 0.0581. The fourth-order valence-electron chi connectivity index (χ4n) is 1.85. The lowest BCUT2D eigenvalue weighted by Crippen LogP contribution is -2.21. The molecule has 2 aromatic rings. The van der Waals surface area contributed by atoms with Gasteiger partial charge < -0.3 is 9.64 Å². The molecule has 1 aromatic heterocycles. The Balaban J connectivity index is 2.13. The molecule has 1 aromatic carbocycles. The smallest absolute Gasteiger partial charge is 0.417 e. The van der Waals surface area contributed by atoms with Crippen molar-refractivity contribution in [2.45, 2.75) is 6.18 Å². The van der Waals surface area contributed by atoms with Gasteiger partial charge in [0.05, 0.1) is 12.1 Å². The number of rotatable bonds is 5. The van der Waals surface area contributed by atoms with Gasteiger partial charge in [-0.2, -0.15) is 13.2 Å². The number of aromatic nitrogens is 1. The molecule has 0 N–H and O–H groups in total. The van der Waals surface area contributed by atoms with Crippen molar-refractivity contribution in [3.8, 4) is 11.6 Å². The molecule has 0 unspecified atom stereocenters. The summed E-state index contributed by atoms with van der Waals surface area (Å²) in [5.41, 5.74) is -0.452. The molecule has 4 nitrogen and oxygen atoms in total. The molecule has 0 saturated carbocycles. The molecule has 0 bridgehead atoms. The zero-order valence-electron chi connectivity index (χ0n) is 12.9. The van der Waals surface area contributed by atoms with Crippen molar-refractivity contribution in [2.75, 3.05) is 20.6 Å². The monoisotopic (exact) mass is 358 g/mol. The molecular weight excluding hydrogens is 345 g/mol. The van der Waals surface area contributed by atoms with E-state index in [1.54, 1.807) is 31.1 Å². The number of ether oxygens (including phenoxy) is 1. The summed E-state index contributed by atoms with van der Waals surface area (Å²) in [6, 6.07) is 6.94. The Morgan fingerprint density at radius 3 is 2.38 bits per heavy atom. The topological polar surface area (TPSA) is 42.4 Å². The molecule has 0 spiro atoms. The Morgan fingerprint density at radius 2 is 1.88 bits per heavy atom. The average Bonchev–Trinajstić information content (AvgIpc) is 2.48. The Hall–Kier alpha value is -2.12. The highest BCUT2D eigenvalue weighted by atomic mass is 35.5. The second kappa shape index (κ2) is 7.19. The lowest BCUT2D eigenvalue weighted by molar-refractivity contribution is -0.137. The van der Waals surface area contributed by atoms with Crippen LogP contribution in [-0.2, 0) is 6.18 Å². The Morgan fingerprint density at radius 1 is 1.25 bits per heavy atom. The van der Waals surface area contributed by atoms with E-state index in [4.69, 9.17) is 16.3 Å². The summed E-state index contributed by atoms with van der Waals surface area (Å²) < 4.78 is 43.0. The molecule has 8 heteroatoms. The van der Waals surface area contributed by atoms with Gasteiger partial charge in [0, 0.05) is 11.8 Å². The quantitative estimate of drug-likeness (QED) is 0.748.